The molecule has 2 atom stereocenters. The summed E-state index contributed by atoms with van der Waals surface area (Å²) in [6.07, 6.45) is 12.7. The van der Waals surface area contributed by atoms with Gasteiger partial charge in [-0.25, -0.2) is 0 Å². The van der Waals surface area contributed by atoms with Crippen molar-refractivity contribution in [3.05, 3.63) is 11.6 Å². The fraction of sp³-hybridized carbons (Fsp3) is 0.864. The molecule has 0 radical (unpaired) electrons. The minimum atomic E-state index is -1.71. The maximum absolute atomic E-state index is 12.9. The maximum atomic E-state index is 12.9. The van der Waals surface area contributed by atoms with Gasteiger partial charge in [-0.05, 0) is 81.0 Å². The summed E-state index contributed by atoms with van der Waals surface area (Å²) in [4.78, 5) is 15.0. The lowest BCUT2D eigenvalue weighted by Gasteiger charge is -2.45. The third-order valence-corrected chi connectivity index (χ3v) is 12.2. The monoisotopic (exact) mass is 377 g/mol. The fourth-order valence-corrected chi connectivity index (χ4v) is 8.76. The molecule has 148 valence electrons. The van der Waals surface area contributed by atoms with Crippen LogP contribution in [0.4, 0.5) is 0 Å². The molecule has 4 heteroatoms. The van der Waals surface area contributed by atoms with E-state index in [0.717, 1.165) is 19.5 Å². The van der Waals surface area contributed by atoms with Crippen LogP contribution in [0.2, 0.25) is 18.1 Å². The second-order valence-corrected chi connectivity index (χ2v) is 13.4. The Balaban J connectivity index is 1.85. The molecule has 2 fully saturated rings. The van der Waals surface area contributed by atoms with Crippen LogP contribution in [0.25, 0.3) is 0 Å². The molecule has 1 aliphatic heterocycles. The van der Waals surface area contributed by atoms with Gasteiger partial charge < -0.3 is 9.33 Å². The van der Waals surface area contributed by atoms with Gasteiger partial charge in [-0.15, -0.1) is 0 Å². The summed E-state index contributed by atoms with van der Waals surface area (Å²) in [5.74, 6) is 0.786. The highest BCUT2D eigenvalue weighted by Gasteiger charge is 2.51. The molecule has 1 heterocycles. The molecule has 3 rings (SSSR count). The lowest BCUT2D eigenvalue weighted by Crippen LogP contribution is -2.51. The van der Waals surface area contributed by atoms with Crippen molar-refractivity contribution in [2.75, 3.05) is 13.1 Å². The molecule has 3 aliphatic rings. The smallest absolute Gasteiger partial charge is 0.222 e. The molecular formula is C22H39NO2Si. The molecule has 2 aliphatic carbocycles. The zero-order valence-corrected chi connectivity index (χ0v) is 18.3. The van der Waals surface area contributed by atoms with E-state index in [1.807, 2.05) is 0 Å². The predicted molar refractivity (Wildman–Crippen MR) is 111 cm³/mol. The molecule has 0 unspecified atom stereocenters. The lowest BCUT2D eigenvalue weighted by molar-refractivity contribution is -0.132. The van der Waals surface area contributed by atoms with Crippen LogP contribution in [0.3, 0.4) is 0 Å². The lowest BCUT2D eigenvalue weighted by atomic mass is 9.81. The number of carbonyl (C=O) groups is 1. The van der Waals surface area contributed by atoms with Crippen molar-refractivity contribution in [3.8, 4) is 0 Å². The number of likely N-dealkylation sites (tertiary alicyclic amines) is 1. The standard InChI is InChI=1S/C22H39NO2Si/c1-4-26(5-2,6-3)25-22(19-12-7-8-13-19)15-11-14-20(22)18-21(24)23-16-9-10-17-23/h12,20H,4-11,13-18H2,1-3H3/t20-,22+/m1/s1. The number of carbonyl (C=O) groups excluding carboxylic acids is 1. The first-order chi connectivity index (χ1) is 12.6. The third kappa shape index (κ3) is 3.82. The Labute approximate surface area is 161 Å². The Morgan fingerprint density at radius 3 is 2.42 bits per heavy atom. The number of allylic oxidation sites excluding steroid dienone is 1. The van der Waals surface area contributed by atoms with E-state index in [-0.39, 0.29) is 5.60 Å². The summed E-state index contributed by atoms with van der Waals surface area (Å²) in [5.41, 5.74) is 1.45. The number of hydrogen-bond donors (Lipinski definition) is 0. The molecular weight excluding hydrogens is 338 g/mol. The maximum Gasteiger partial charge on any atom is 0.222 e. The minimum Gasteiger partial charge on any atom is -0.407 e. The fourth-order valence-electron chi connectivity index (χ4n) is 5.65. The molecule has 1 amide bonds. The third-order valence-electron chi connectivity index (χ3n) is 7.56. The van der Waals surface area contributed by atoms with Gasteiger partial charge >= 0.3 is 0 Å². The highest BCUT2D eigenvalue weighted by molar-refractivity contribution is 6.73. The number of amides is 1. The van der Waals surface area contributed by atoms with Crippen molar-refractivity contribution in [2.45, 2.75) is 102 Å². The Morgan fingerprint density at radius 2 is 1.85 bits per heavy atom. The van der Waals surface area contributed by atoms with Gasteiger partial charge in [0.25, 0.3) is 0 Å². The van der Waals surface area contributed by atoms with Crippen molar-refractivity contribution in [3.63, 3.8) is 0 Å². The van der Waals surface area contributed by atoms with Crippen LogP contribution in [0.15, 0.2) is 11.6 Å². The van der Waals surface area contributed by atoms with Gasteiger partial charge in [0.05, 0.1) is 5.60 Å². The van der Waals surface area contributed by atoms with Crippen LogP contribution in [-0.2, 0) is 9.22 Å². The van der Waals surface area contributed by atoms with E-state index < -0.39 is 8.32 Å². The molecule has 0 spiro atoms. The summed E-state index contributed by atoms with van der Waals surface area (Å²) >= 11 is 0. The number of hydrogen-bond acceptors (Lipinski definition) is 2. The molecule has 26 heavy (non-hydrogen) atoms. The number of nitrogens with zero attached hydrogens (tertiary/aromatic N) is 1. The van der Waals surface area contributed by atoms with Crippen molar-refractivity contribution in [2.24, 2.45) is 5.92 Å². The van der Waals surface area contributed by atoms with E-state index in [9.17, 15) is 4.79 Å². The van der Waals surface area contributed by atoms with E-state index in [1.165, 1.54) is 63.1 Å². The van der Waals surface area contributed by atoms with Crippen LogP contribution >= 0.6 is 0 Å². The highest BCUT2D eigenvalue weighted by Crippen LogP contribution is 2.51. The average Bonchev–Trinajstić information content (AvgIpc) is 3.42. The molecule has 1 saturated heterocycles. The van der Waals surface area contributed by atoms with Crippen LogP contribution in [-0.4, -0.2) is 37.8 Å². The Hall–Kier alpha value is -0.613. The molecule has 3 nitrogen and oxygen atoms in total. The SMILES string of the molecule is CC[Si](CC)(CC)O[C@]1(C2=CCCC2)CCC[C@@H]1CC(=O)N1CCCC1. The highest BCUT2D eigenvalue weighted by atomic mass is 28.4. The average molecular weight is 378 g/mol. The van der Waals surface area contributed by atoms with Crippen LogP contribution in [0.5, 0.6) is 0 Å². The van der Waals surface area contributed by atoms with Crippen LogP contribution in [0, 0.1) is 5.92 Å². The normalized spacial score (nSPS) is 29.4. The van der Waals surface area contributed by atoms with Crippen LogP contribution < -0.4 is 0 Å². The summed E-state index contributed by atoms with van der Waals surface area (Å²) in [5, 5.41) is 0. The van der Waals surface area contributed by atoms with E-state index in [1.54, 1.807) is 5.57 Å². The zero-order chi connectivity index (χ0) is 18.6. The van der Waals surface area contributed by atoms with E-state index in [4.69, 9.17) is 4.43 Å². The largest absolute Gasteiger partial charge is 0.407 e. The van der Waals surface area contributed by atoms with Crippen molar-refractivity contribution >= 4 is 14.2 Å². The molecule has 0 aromatic heterocycles. The van der Waals surface area contributed by atoms with Gasteiger partial charge in [-0.1, -0.05) is 26.8 Å². The van der Waals surface area contributed by atoms with Gasteiger partial charge in [0.1, 0.15) is 0 Å². The predicted octanol–water partition coefficient (Wildman–Crippen LogP) is 5.67. The van der Waals surface area contributed by atoms with Gasteiger partial charge in [-0.3, -0.25) is 4.79 Å². The summed E-state index contributed by atoms with van der Waals surface area (Å²) in [6, 6.07) is 3.59. The first-order valence-electron chi connectivity index (χ1n) is 11.3. The molecule has 0 aromatic carbocycles. The molecule has 0 bridgehead atoms. The van der Waals surface area contributed by atoms with E-state index in [0.29, 0.717) is 18.2 Å². The van der Waals surface area contributed by atoms with Crippen molar-refractivity contribution in [1.82, 2.24) is 4.90 Å². The van der Waals surface area contributed by atoms with Gasteiger partial charge in [0.15, 0.2) is 8.32 Å². The second kappa shape index (κ2) is 8.60. The first-order valence-corrected chi connectivity index (χ1v) is 13.8. The van der Waals surface area contributed by atoms with Gasteiger partial charge in [-0.2, -0.15) is 0 Å². The zero-order valence-electron chi connectivity index (χ0n) is 17.3. The second-order valence-electron chi connectivity index (χ2n) is 8.74. The molecule has 0 aromatic rings. The Kier molecular flexibility index (Phi) is 6.66. The Bertz CT molecular complexity index is 514. The molecule has 1 saturated carbocycles. The quantitative estimate of drug-likeness (QED) is 0.403. The van der Waals surface area contributed by atoms with Crippen molar-refractivity contribution in [1.29, 1.82) is 0 Å². The summed E-state index contributed by atoms with van der Waals surface area (Å²) < 4.78 is 7.29. The minimum absolute atomic E-state index is 0.111. The van der Waals surface area contributed by atoms with Gasteiger partial charge in [0.2, 0.25) is 5.91 Å². The van der Waals surface area contributed by atoms with Crippen molar-refractivity contribution < 1.29 is 9.22 Å². The topological polar surface area (TPSA) is 29.5 Å². The Morgan fingerprint density at radius 1 is 1.15 bits per heavy atom. The van der Waals surface area contributed by atoms with E-state index >= 15 is 0 Å². The summed E-state index contributed by atoms with van der Waals surface area (Å²) in [7, 11) is -1.71. The van der Waals surface area contributed by atoms with Crippen LogP contribution in [0.1, 0.15) is 78.6 Å². The van der Waals surface area contributed by atoms with Gasteiger partial charge in [0, 0.05) is 19.5 Å². The first kappa shape index (κ1) is 20.1. The van der Waals surface area contributed by atoms with E-state index in [2.05, 4.69) is 31.7 Å². The summed E-state index contributed by atoms with van der Waals surface area (Å²) in [6.45, 7) is 8.93. The molecule has 0 N–H and O–H groups in total. The number of rotatable bonds is 8.